The summed E-state index contributed by atoms with van der Waals surface area (Å²) < 4.78 is 4.60. The summed E-state index contributed by atoms with van der Waals surface area (Å²) in [6.45, 7) is 5.20. The molecule has 4 heteroatoms. The van der Waals surface area contributed by atoms with Crippen LogP contribution in [0.25, 0.3) is 0 Å². The number of aliphatic hydroxyl groups is 1. The standard InChI is InChI=1S/C12H25NO3/c1-4-5-11(6-7-14)9-13-10(2)8-12(15)16-3/h10-11,13-14H,4-9H2,1-3H3. The Labute approximate surface area is 98.4 Å². The molecule has 0 heterocycles. The Balaban J connectivity index is 3.76. The van der Waals surface area contributed by atoms with E-state index in [1.807, 2.05) is 6.92 Å². The average Bonchev–Trinajstić information content (AvgIpc) is 2.26. The molecule has 2 N–H and O–H groups in total. The van der Waals surface area contributed by atoms with Gasteiger partial charge in [-0.25, -0.2) is 0 Å². The molecular weight excluding hydrogens is 206 g/mol. The molecule has 0 aliphatic heterocycles. The van der Waals surface area contributed by atoms with Crippen LogP contribution in [0, 0.1) is 5.92 Å². The number of ether oxygens (including phenoxy) is 1. The third kappa shape index (κ3) is 7.65. The van der Waals surface area contributed by atoms with Gasteiger partial charge in [0, 0.05) is 12.6 Å². The molecule has 0 aromatic rings. The van der Waals surface area contributed by atoms with E-state index in [9.17, 15) is 4.79 Å². The first-order chi connectivity index (χ1) is 7.63. The quantitative estimate of drug-likeness (QED) is 0.588. The Kier molecular flexibility index (Phi) is 9.24. The molecule has 16 heavy (non-hydrogen) atoms. The zero-order chi connectivity index (χ0) is 12.4. The van der Waals surface area contributed by atoms with Gasteiger partial charge in [0.1, 0.15) is 0 Å². The van der Waals surface area contributed by atoms with Crippen molar-refractivity contribution in [2.45, 2.75) is 45.6 Å². The van der Waals surface area contributed by atoms with Gasteiger partial charge >= 0.3 is 5.97 Å². The molecule has 0 aromatic heterocycles. The predicted molar refractivity (Wildman–Crippen MR) is 64.2 cm³/mol. The second kappa shape index (κ2) is 9.60. The van der Waals surface area contributed by atoms with Crippen molar-refractivity contribution in [3.8, 4) is 0 Å². The highest BCUT2D eigenvalue weighted by molar-refractivity contribution is 5.69. The van der Waals surface area contributed by atoms with Gasteiger partial charge < -0.3 is 15.2 Å². The van der Waals surface area contributed by atoms with E-state index < -0.39 is 0 Å². The van der Waals surface area contributed by atoms with Crippen molar-refractivity contribution in [1.29, 1.82) is 0 Å². The molecule has 0 bridgehead atoms. The molecule has 96 valence electrons. The number of nitrogens with one attached hydrogen (secondary N) is 1. The fourth-order valence-corrected chi connectivity index (χ4v) is 1.71. The third-order valence-corrected chi connectivity index (χ3v) is 2.69. The van der Waals surface area contributed by atoms with Crippen molar-refractivity contribution in [3.05, 3.63) is 0 Å². The number of carbonyl (C=O) groups excluding carboxylic acids is 1. The van der Waals surface area contributed by atoms with E-state index in [1.165, 1.54) is 7.11 Å². The second-order valence-electron chi connectivity index (χ2n) is 4.26. The lowest BCUT2D eigenvalue weighted by molar-refractivity contribution is -0.141. The maximum atomic E-state index is 11.0. The molecule has 0 fully saturated rings. The van der Waals surface area contributed by atoms with Crippen LogP contribution in [-0.2, 0) is 9.53 Å². The fraction of sp³-hybridized carbons (Fsp3) is 0.917. The topological polar surface area (TPSA) is 58.6 Å². The summed E-state index contributed by atoms with van der Waals surface area (Å²) in [6.07, 6.45) is 3.45. The highest BCUT2D eigenvalue weighted by Crippen LogP contribution is 2.10. The molecule has 2 atom stereocenters. The lowest BCUT2D eigenvalue weighted by Crippen LogP contribution is -2.33. The molecule has 0 aliphatic rings. The number of aliphatic hydroxyl groups excluding tert-OH is 1. The van der Waals surface area contributed by atoms with Gasteiger partial charge in [-0.05, 0) is 32.2 Å². The third-order valence-electron chi connectivity index (χ3n) is 2.69. The Morgan fingerprint density at radius 1 is 1.44 bits per heavy atom. The number of methoxy groups -OCH3 is 1. The molecule has 0 saturated carbocycles. The second-order valence-corrected chi connectivity index (χ2v) is 4.26. The first-order valence-electron chi connectivity index (χ1n) is 6.05. The van der Waals surface area contributed by atoms with Crippen LogP contribution in [0.1, 0.15) is 39.5 Å². The summed E-state index contributed by atoms with van der Waals surface area (Å²) in [5.74, 6) is 0.310. The van der Waals surface area contributed by atoms with Crippen LogP contribution in [0.5, 0.6) is 0 Å². The van der Waals surface area contributed by atoms with Crippen molar-refractivity contribution < 1.29 is 14.6 Å². The minimum Gasteiger partial charge on any atom is -0.469 e. The van der Waals surface area contributed by atoms with E-state index in [4.69, 9.17) is 5.11 Å². The molecule has 2 unspecified atom stereocenters. The van der Waals surface area contributed by atoms with Crippen LogP contribution in [0.2, 0.25) is 0 Å². The maximum Gasteiger partial charge on any atom is 0.307 e. The molecule has 0 spiro atoms. The van der Waals surface area contributed by atoms with Crippen LogP contribution in [-0.4, -0.2) is 37.4 Å². The average molecular weight is 231 g/mol. The highest BCUT2D eigenvalue weighted by atomic mass is 16.5. The van der Waals surface area contributed by atoms with Gasteiger partial charge in [0.15, 0.2) is 0 Å². The van der Waals surface area contributed by atoms with Crippen LogP contribution in [0.15, 0.2) is 0 Å². The minimum absolute atomic E-state index is 0.130. The van der Waals surface area contributed by atoms with Crippen LogP contribution in [0.3, 0.4) is 0 Å². The summed E-state index contributed by atoms with van der Waals surface area (Å²) in [5.41, 5.74) is 0. The molecule has 0 aliphatic carbocycles. The zero-order valence-corrected chi connectivity index (χ0v) is 10.7. The summed E-state index contributed by atoms with van der Waals surface area (Å²) in [4.78, 5) is 11.0. The summed E-state index contributed by atoms with van der Waals surface area (Å²) in [5, 5.41) is 12.2. The summed E-state index contributed by atoms with van der Waals surface area (Å²) >= 11 is 0. The number of esters is 1. The van der Waals surface area contributed by atoms with Crippen LogP contribution in [0.4, 0.5) is 0 Å². The van der Waals surface area contributed by atoms with Gasteiger partial charge in [-0.1, -0.05) is 13.3 Å². The van der Waals surface area contributed by atoms with E-state index in [2.05, 4.69) is 17.0 Å². The van der Waals surface area contributed by atoms with Crippen LogP contribution >= 0.6 is 0 Å². The smallest absolute Gasteiger partial charge is 0.307 e. The van der Waals surface area contributed by atoms with E-state index >= 15 is 0 Å². The molecule has 0 aromatic carbocycles. The molecule has 4 nitrogen and oxygen atoms in total. The minimum atomic E-state index is -0.186. The lowest BCUT2D eigenvalue weighted by Gasteiger charge is -2.19. The molecule has 0 saturated heterocycles. The molecule has 0 radical (unpaired) electrons. The summed E-state index contributed by atoms with van der Waals surface area (Å²) in [6, 6.07) is 0.130. The van der Waals surface area contributed by atoms with Crippen molar-refractivity contribution in [2.75, 3.05) is 20.3 Å². The van der Waals surface area contributed by atoms with Gasteiger partial charge in [-0.2, -0.15) is 0 Å². The fourth-order valence-electron chi connectivity index (χ4n) is 1.71. The van der Waals surface area contributed by atoms with E-state index in [-0.39, 0.29) is 18.6 Å². The van der Waals surface area contributed by atoms with Crippen LogP contribution < -0.4 is 5.32 Å². The number of rotatable bonds is 9. The lowest BCUT2D eigenvalue weighted by atomic mass is 10.00. The number of hydrogen-bond donors (Lipinski definition) is 2. The van der Waals surface area contributed by atoms with Gasteiger partial charge in [0.05, 0.1) is 13.5 Å². The van der Waals surface area contributed by atoms with Crippen molar-refractivity contribution in [3.63, 3.8) is 0 Å². The van der Waals surface area contributed by atoms with Crippen molar-refractivity contribution >= 4 is 5.97 Å². The van der Waals surface area contributed by atoms with E-state index in [0.717, 1.165) is 25.8 Å². The van der Waals surface area contributed by atoms with E-state index in [1.54, 1.807) is 0 Å². The monoisotopic (exact) mass is 231 g/mol. The largest absolute Gasteiger partial charge is 0.469 e. The SMILES string of the molecule is CCCC(CCO)CNC(C)CC(=O)OC. The normalized spacial score (nSPS) is 14.5. The Morgan fingerprint density at radius 2 is 2.12 bits per heavy atom. The maximum absolute atomic E-state index is 11.0. The highest BCUT2D eigenvalue weighted by Gasteiger charge is 2.12. The molecule has 0 rings (SSSR count). The summed E-state index contributed by atoms with van der Waals surface area (Å²) in [7, 11) is 1.40. The predicted octanol–water partition coefficient (Wildman–Crippen LogP) is 1.33. The van der Waals surface area contributed by atoms with E-state index in [0.29, 0.717) is 12.3 Å². The van der Waals surface area contributed by atoms with Gasteiger partial charge in [-0.15, -0.1) is 0 Å². The van der Waals surface area contributed by atoms with Gasteiger partial charge in [0.2, 0.25) is 0 Å². The Morgan fingerprint density at radius 3 is 2.62 bits per heavy atom. The molecule has 0 amide bonds. The Hall–Kier alpha value is -0.610. The van der Waals surface area contributed by atoms with Crippen molar-refractivity contribution in [1.82, 2.24) is 5.32 Å². The van der Waals surface area contributed by atoms with Gasteiger partial charge in [0.25, 0.3) is 0 Å². The Bertz CT molecular complexity index is 179. The number of hydrogen-bond acceptors (Lipinski definition) is 4. The molecular formula is C12H25NO3. The van der Waals surface area contributed by atoms with Gasteiger partial charge in [-0.3, -0.25) is 4.79 Å². The zero-order valence-electron chi connectivity index (χ0n) is 10.7. The first kappa shape index (κ1) is 15.4. The number of carbonyl (C=O) groups is 1. The van der Waals surface area contributed by atoms with Crippen molar-refractivity contribution in [2.24, 2.45) is 5.92 Å². The first-order valence-corrected chi connectivity index (χ1v) is 6.05.